The molecule has 19 heavy (non-hydrogen) atoms. The van der Waals surface area contributed by atoms with Crippen LogP contribution in [0.3, 0.4) is 0 Å². The quantitative estimate of drug-likeness (QED) is 0.890. The molecule has 1 aliphatic carbocycles. The van der Waals surface area contributed by atoms with Gasteiger partial charge in [0.15, 0.2) is 0 Å². The largest absolute Gasteiger partial charge is 0.391 e. The van der Waals surface area contributed by atoms with E-state index in [2.05, 4.69) is 4.98 Å². The molecule has 0 bridgehead atoms. The number of nitrogens with zero attached hydrogens (tertiary/aromatic N) is 2. The van der Waals surface area contributed by atoms with Crippen molar-refractivity contribution in [2.24, 2.45) is 5.92 Å². The molecule has 0 unspecified atom stereocenters. The van der Waals surface area contributed by atoms with Gasteiger partial charge in [-0.15, -0.1) is 0 Å². The van der Waals surface area contributed by atoms with Gasteiger partial charge >= 0.3 is 0 Å². The van der Waals surface area contributed by atoms with Crippen molar-refractivity contribution in [3.05, 3.63) is 30.1 Å². The average molecular weight is 260 g/mol. The normalized spacial score (nSPS) is 26.7. The Balaban J connectivity index is 1.67. The van der Waals surface area contributed by atoms with Gasteiger partial charge in [0.2, 0.25) is 5.91 Å². The summed E-state index contributed by atoms with van der Waals surface area (Å²) in [6, 6.07) is 3.84. The second kappa shape index (κ2) is 5.29. The first-order valence-corrected chi connectivity index (χ1v) is 7.10. The Morgan fingerprint density at radius 2 is 2.05 bits per heavy atom. The zero-order chi connectivity index (χ0) is 13.2. The number of pyridine rings is 1. The molecule has 1 saturated carbocycles. The van der Waals surface area contributed by atoms with E-state index in [1.807, 2.05) is 17.0 Å². The molecule has 1 saturated heterocycles. The highest BCUT2D eigenvalue weighted by atomic mass is 16.3. The van der Waals surface area contributed by atoms with Crippen molar-refractivity contribution in [3.8, 4) is 0 Å². The van der Waals surface area contributed by atoms with E-state index in [-0.39, 0.29) is 11.9 Å². The third-order valence-electron chi connectivity index (χ3n) is 4.19. The molecule has 2 aliphatic rings. The van der Waals surface area contributed by atoms with Gasteiger partial charge in [-0.3, -0.25) is 9.78 Å². The second-order valence-corrected chi connectivity index (χ2v) is 5.72. The molecule has 0 aromatic carbocycles. The van der Waals surface area contributed by atoms with Crippen LogP contribution >= 0.6 is 0 Å². The third-order valence-corrected chi connectivity index (χ3v) is 4.19. The maximum Gasteiger partial charge on any atom is 0.223 e. The fourth-order valence-corrected chi connectivity index (χ4v) is 2.84. The van der Waals surface area contributed by atoms with Crippen molar-refractivity contribution < 1.29 is 9.90 Å². The van der Waals surface area contributed by atoms with Crippen LogP contribution in [-0.4, -0.2) is 39.6 Å². The van der Waals surface area contributed by atoms with Crippen molar-refractivity contribution in [3.63, 3.8) is 0 Å². The van der Waals surface area contributed by atoms with Crippen LogP contribution in [0.15, 0.2) is 24.5 Å². The Labute approximate surface area is 113 Å². The van der Waals surface area contributed by atoms with Crippen molar-refractivity contribution in [1.29, 1.82) is 0 Å². The van der Waals surface area contributed by atoms with Crippen LogP contribution < -0.4 is 0 Å². The molecule has 2 heterocycles. The van der Waals surface area contributed by atoms with Gasteiger partial charge in [0.1, 0.15) is 0 Å². The summed E-state index contributed by atoms with van der Waals surface area (Å²) in [6.45, 7) is 0.697. The lowest BCUT2D eigenvalue weighted by Gasteiger charge is -2.26. The summed E-state index contributed by atoms with van der Waals surface area (Å²) in [6.07, 6.45) is 7.59. The van der Waals surface area contributed by atoms with Crippen molar-refractivity contribution in [2.45, 2.75) is 44.2 Å². The monoisotopic (exact) mass is 260 g/mol. The minimum absolute atomic E-state index is 0.0614. The summed E-state index contributed by atoms with van der Waals surface area (Å²) in [7, 11) is 0. The SMILES string of the molecule is O=C(CC1CC1)N1CC[C@@H](O)[C@H]1Cc1ccncc1. The molecular weight excluding hydrogens is 240 g/mol. The minimum Gasteiger partial charge on any atom is -0.391 e. The number of aliphatic hydroxyl groups is 1. The van der Waals surface area contributed by atoms with Gasteiger partial charge in [-0.2, -0.15) is 0 Å². The Bertz CT molecular complexity index is 445. The first-order chi connectivity index (χ1) is 9.24. The van der Waals surface area contributed by atoms with Gasteiger partial charge in [0.05, 0.1) is 12.1 Å². The van der Waals surface area contributed by atoms with Crippen LogP contribution in [-0.2, 0) is 11.2 Å². The van der Waals surface area contributed by atoms with E-state index in [1.165, 1.54) is 12.8 Å². The molecule has 0 spiro atoms. The van der Waals surface area contributed by atoms with Gasteiger partial charge in [-0.05, 0) is 49.3 Å². The van der Waals surface area contributed by atoms with Gasteiger partial charge in [0, 0.05) is 25.4 Å². The molecule has 1 aromatic heterocycles. The topological polar surface area (TPSA) is 53.4 Å². The standard InChI is InChI=1S/C15H20N2O2/c18-14-5-8-17(15(19)10-11-1-2-11)13(14)9-12-3-6-16-7-4-12/h3-4,6-7,11,13-14,18H,1-2,5,8-10H2/t13-,14-/m1/s1. The van der Waals surface area contributed by atoms with E-state index in [9.17, 15) is 9.90 Å². The first kappa shape index (κ1) is 12.6. The lowest BCUT2D eigenvalue weighted by molar-refractivity contribution is -0.133. The fraction of sp³-hybridized carbons (Fsp3) is 0.600. The van der Waals surface area contributed by atoms with Gasteiger partial charge < -0.3 is 10.0 Å². The lowest BCUT2D eigenvalue weighted by atomic mass is 10.0. The maximum atomic E-state index is 12.2. The maximum absolute atomic E-state index is 12.2. The number of rotatable bonds is 4. The summed E-state index contributed by atoms with van der Waals surface area (Å²) in [5, 5.41) is 10.1. The lowest BCUT2D eigenvalue weighted by Crippen LogP contribution is -2.41. The van der Waals surface area contributed by atoms with Crippen molar-refractivity contribution in [1.82, 2.24) is 9.88 Å². The number of amides is 1. The number of aliphatic hydroxyl groups excluding tert-OH is 1. The Morgan fingerprint density at radius 3 is 2.74 bits per heavy atom. The van der Waals surface area contributed by atoms with Crippen molar-refractivity contribution >= 4 is 5.91 Å². The van der Waals surface area contributed by atoms with E-state index >= 15 is 0 Å². The fourth-order valence-electron chi connectivity index (χ4n) is 2.84. The van der Waals surface area contributed by atoms with E-state index < -0.39 is 6.10 Å². The molecule has 1 aliphatic heterocycles. The molecule has 4 heteroatoms. The molecule has 102 valence electrons. The van der Waals surface area contributed by atoms with Crippen molar-refractivity contribution in [2.75, 3.05) is 6.54 Å². The Hall–Kier alpha value is -1.42. The Morgan fingerprint density at radius 1 is 1.32 bits per heavy atom. The van der Waals surface area contributed by atoms with Gasteiger partial charge in [-0.25, -0.2) is 0 Å². The number of carbonyl (C=O) groups is 1. The summed E-state index contributed by atoms with van der Waals surface area (Å²) >= 11 is 0. The number of carbonyl (C=O) groups excluding carboxylic acids is 1. The molecule has 4 nitrogen and oxygen atoms in total. The van der Waals surface area contributed by atoms with Crippen LogP contribution in [0.1, 0.15) is 31.2 Å². The molecule has 1 amide bonds. The second-order valence-electron chi connectivity index (χ2n) is 5.72. The number of likely N-dealkylation sites (tertiary alicyclic amines) is 1. The van der Waals surface area contributed by atoms with E-state index in [0.29, 0.717) is 25.3 Å². The van der Waals surface area contributed by atoms with Gasteiger partial charge in [-0.1, -0.05) is 0 Å². The van der Waals surface area contributed by atoms with E-state index in [0.717, 1.165) is 12.0 Å². The van der Waals surface area contributed by atoms with Gasteiger partial charge in [0.25, 0.3) is 0 Å². The van der Waals surface area contributed by atoms with Crippen LogP contribution in [0.2, 0.25) is 0 Å². The summed E-state index contributed by atoms with van der Waals surface area (Å²) in [5.74, 6) is 0.824. The molecule has 3 rings (SSSR count). The third kappa shape index (κ3) is 2.95. The number of hydrogen-bond donors (Lipinski definition) is 1. The predicted octanol–water partition coefficient (Wildman–Crippen LogP) is 1.39. The summed E-state index contributed by atoms with van der Waals surface area (Å²) in [4.78, 5) is 18.1. The molecule has 2 fully saturated rings. The Kier molecular flexibility index (Phi) is 3.51. The smallest absolute Gasteiger partial charge is 0.223 e. The van der Waals surface area contributed by atoms with Crippen LogP contribution in [0, 0.1) is 5.92 Å². The van der Waals surface area contributed by atoms with Crippen LogP contribution in [0.4, 0.5) is 0 Å². The van der Waals surface area contributed by atoms with E-state index in [4.69, 9.17) is 0 Å². The highest BCUT2D eigenvalue weighted by Gasteiger charge is 2.37. The predicted molar refractivity (Wildman–Crippen MR) is 71.4 cm³/mol. The van der Waals surface area contributed by atoms with E-state index in [1.54, 1.807) is 12.4 Å². The minimum atomic E-state index is -0.392. The number of hydrogen-bond acceptors (Lipinski definition) is 3. The zero-order valence-corrected chi connectivity index (χ0v) is 11.0. The summed E-state index contributed by atoms with van der Waals surface area (Å²) in [5.41, 5.74) is 1.13. The summed E-state index contributed by atoms with van der Waals surface area (Å²) < 4.78 is 0. The molecule has 1 N–H and O–H groups in total. The zero-order valence-electron chi connectivity index (χ0n) is 11.0. The highest BCUT2D eigenvalue weighted by molar-refractivity contribution is 5.77. The average Bonchev–Trinajstić information content (AvgIpc) is 3.15. The first-order valence-electron chi connectivity index (χ1n) is 7.10. The molecular formula is C15H20N2O2. The number of aromatic nitrogens is 1. The molecule has 1 aromatic rings. The molecule has 2 atom stereocenters. The highest BCUT2D eigenvalue weighted by Crippen LogP contribution is 2.34. The van der Waals surface area contributed by atoms with Crippen LogP contribution in [0.5, 0.6) is 0 Å². The van der Waals surface area contributed by atoms with Crippen LogP contribution in [0.25, 0.3) is 0 Å². The molecule has 0 radical (unpaired) electrons.